The second-order valence-corrected chi connectivity index (χ2v) is 13.7. The summed E-state index contributed by atoms with van der Waals surface area (Å²) < 4.78 is 50.9. The maximum Gasteiger partial charge on any atom is 0.481 e. The van der Waals surface area contributed by atoms with Gasteiger partial charge in [0.25, 0.3) is 5.56 Å². The van der Waals surface area contributed by atoms with Crippen LogP contribution in [0.25, 0.3) is 11.2 Å². The molecule has 0 aliphatic carbocycles. The summed E-state index contributed by atoms with van der Waals surface area (Å²) in [5.74, 6) is -0.293. The number of nitrogens with one attached hydrogen (secondary N) is 1. The summed E-state index contributed by atoms with van der Waals surface area (Å²) in [6.45, 7) is 0.489. The molecule has 44 heavy (non-hydrogen) atoms. The van der Waals surface area contributed by atoms with Crippen LogP contribution in [0, 0.1) is 5.92 Å². The normalized spacial score (nSPS) is 35.9. The molecule has 3 fully saturated rings. The van der Waals surface area contributed by atoms with Crippen LogP contribution in [0.1, 0.15) is 26.0 Å². The second-order valence-electron chi connectivity index (χ2n) is 10.7. The molecule has 5 heterocycles. The fourth-order valence-corrected chi connectivity index (χ4v) is 7.49. The highest BCUT2D eigenvalue weighted by Gasteiger charge is 2.49. The second kappa shape index (κ2) is 13.0. The number of phosphoric ester groups is 2. The number of carbonyl (C=O) groups is 1. The van der Waals surface area contributed by atoms with Crippen LogP contribution < -0.4 is 5.56 Å². The molecule has 0 bridgehead atoms. The van der Waals surface area contributed by atoms with Gasteiger partial charge < -0.3 is 44.7 Å². The molecule has 2 aromatic heterocycles. The van der Waals surface area contributed by atoms with Gasteiger partial charge in [-0.25, -0.2) is 19.1 Å². The molecule has 20 nitrogen and oxygen atoms in total. The summed E-state index contributed by atoms with van der Waals surface area (Å²) in [4.78, 5) is 55.6. The topological polar surface area (TPSA) is 286 Å². The predicted octanol–water partition coefficient (Wildman–Crippen LogP) is -2.26. The minimum absolute atomic E-state index is 0.0208. The van der Waals surface area contributed by atoms with E-state index in [0.717, 1.165) is 17.2 Å². The van der Waals surface area contributed by atoms with E-state index in [-0.39, 0.29) is 29.4 Å². The highest BCUT2D eigenvalue weighted by Crippen LogP contribution is 2.60. The molecule has 22 heteroatoms. The van der Waals surface area contributed by atoms with Crippen LogP contribution in [0.4, 0.5) is 0 Å². The molecule has 3 aliphatic rings. The fourth-order valence-electron chi connectivity index (χ4n) is 5.40. The van der Waals surface area contributed by atoms with Gasteiger partial charge in [0.15, 0.2) is 17.4 Å². The zero-order chi connectivity index (χ0) is 32.0. The van der Waals surface area contributed by atoms with Gasteiger partial charge in [-0.15, -0.1) is 0 Å². The number of H-pyrrole nitrogens is 1. The van der Waals surface area contributed by atoms with Crippen molar-refractivity contribution in [3.63, 3.8) is 0 Å². The predicted molar refractivity (Wildman–Crippen MR) is 142 cm³/mol. The van der Waals surface area contributed by atoms with E-state index in [9.17, 15) is 48.9 Å². The van der Waals surface area contributed by atoms with Crippen molar-refractivity contribution < 1.29 is 67.0 Å². The monoisotopic (exact) mass is 669 g/mol. The largest absolute Gasteiger partial charge is 0.481 e. The Hall–Kier alpha value is -2.00. The van der Waals surface area contributed by atoms with E-state index in [0.29, 0.717) is 19.4 Å². The van der Waals surface area contributed by atoms with Crippen LogP contribution in [0.3, 0.4) is 0 Å². The Morgan fingerprint density at radius 1 is 1.00 bits per heavy atom. The zero-order valence-corrected chi connectivity index (χ0v) is 24.9. The number of aromatic amines is 1. The van der Waals surface area contributed by atoms with Crippen LogP contribution in [0.5, 0.6) is 0 Å². The third-order valence-electron chi connectivity index (χ3n) is 7.71. The molecule has 3 saturated heterocycles. The first-order chi connectivity index (χ1) is 20.7. The summed E-state index contributed by atoms with van der Waals surface area (Å²) in [5.41, 5.74) is -0.615. The van der Waals surface area contributed by atoms with Gasteiger partial charge in [-0.1, -0.05) is 0 Å². The zero-order valence-electron chi connectivity index (χ0n) is 23.1. The number of likely N-dealkylation sites (tertiary alicyclic amines) is 1. The van der Waals surface area contributed by atoms with Gasteiger partial charge in [-0.3, -0.25) is 28.1 Å². The van der Waals surface area contributed by atoms with Gasteiger partial charge in [0.2, 0.25) is 0 Å². The highest BCUT2D eigenvalue weighted by atomic mass is 31.3. The minimum Gasteiger partial charge on any atom is -0.387 e. The number of imidazole rings is 1. The Morgan fingerprint density at radius 3 is 2.20 bits per heavy atom. The third-order valence-corrected chi connectivity index (χ3v) is 10.3. The van der Waals surface area contributed by atoms with Gasteiger partial charge in [-0.2, -0.15) is 4.31 Å². The average Bonchev–Trinajstić information content (AvgIpc) is 3.61. The number of hydrogen-bond donors (Lipinski definition) is 7. The lowest BCUT2D eigenvalue weighted by Gasteiger charge is -2.36. The van der Waals surface area contributed by atoms with E-state index >= 15 is 0 Å². The van der Waals surface area contributed by atoms with E-state index in [1.54, 1.807) is 4.90 Å². The van der Waals surface area contributed by atoms with E-state index in [2.05, 4.69) is 19.3 Å². The number of aliphatic hydroxyl groups is 4. The molecule has 11 unspecified atom stereocenters. The van der Waals surface area contributed by atoms with Crippen LogP contribution >= 0.6 is 15.6 Å². The SMILES string of the molecule is CC(=O)C1CCCN(C2OC(COP(=O)(O)OP(=O)(O)OCC3OC(n4cnc5c(=O)[nH]cnc54)C(O)C3O)C(O)C2O)C1. The van der Waals surface area contributed by atoms with Crippen molar-refractivity contribution in [1.82, 2.24) is 24.4 Å². The van der Waals surface area contributed by atoms with Crippen molar-refractivity contribution >= 4 is 32.6 Å². The van der Waals surface area contributed by atoms with Crippen molar-refractivity contribution in [2.24, 2.45) is 5.92 Å². The fraction of sp³-hybridized carbons (Fsp3) is 0.727. The Balaban J connectivity index is 1.13. The minimum atomic E-state index is -5.36. The van der Waals surface area contributed by atoms with E-state index < -0.39 is 83.5 Å². The maximum absolute atomic E-state index is 12.4. The van der Waals surface area contributed by atoms with Gasteiger partial charge in [-0.05, 0) is 19.8 Å². The Kier molecular flexibility index (Phi) is 9.87. The molecule has 11 atom stereocenters. The van der Waals surface area contributed by atoms with Gasteiger partial charge in [0.1, 0.15) is 48.6 Å². The lowest BCUT2D eigenvalue weighted by atomic mass is 9.94. The number of aliphatic hydroxyl groups excluding tert-OH is 4. The van der Waals surface area contributed by atoms with Crippen LogP contribution in [0.15, 0.2) is 17.4 Å². The number of nitrogens with zero attached hydrogens (tertiary/aromatic N) is 4. The smallest absolute Gasteiger partial charge is 0.387 e. The van der Waals surface area contributed by atoms with Crippen LogP contribution in [-0.4, -0.2) is 130 Å². The molecule has 7 N–H and O–H groups in total. The number of aromatic nitrogens is 4. The Morgan fingerprint density at radius 2 is 1.59 bits per heavy atom. The quantitative estimate of drug-likeness (QED) is 0.124. The van der Waals surface area contributed by atoms with E-state index in [1.165, 1.54) is 6.92 Å². The molecule has 0 spiro atoms. The van der Waals surface area contributed by atoms with Gasteiger partial charge in [0, 0.05) is 19.0 Å². The van der Waals surface area contributed by atoms with Gasteiger partial charge in [0.05, 0.1) is 25.9 Å². The number of Topliss-reactive ketones (excluding diaryl/α,β-unsaturated/α-hetero) is 1. The number of hydrogen-bond acceptors (Lipinski definition) is 16. The summed E-state index contributed by atoms with van der Waals surface area (Å²) in [7, 11) is -10.7. The maximum atomic E-state index is 12.4. The van der Waals surface area contributed by atoms with E-state index in [1.807, 2.05) is 0 Å². The highest BCUT2D eigenvalue weighted by molar-refractivity contribution is 7.61. The molecule has 0 amide bonds. The molecule has 5 rings (SSSR count). The first-order valence-electron chi connectivity index (χ1n) is 13.5. The molecular weight excluding hydrogens is 636 g/mol. The van der Waals surface area contributed by atoms with Crippen molar-refractivity contribution in [3.8, 4) is 0 Å². The van der Waals surface area contributed by atoms with Crippen LogP contribution in [0.2, 0.25) is 0 Å². The summed E-state index contributed by atoms with van der Waals surface area (Å²) >= 11 is 0. The molecular formula is C22H33N5O15P2. The molecule has 0 radical (unpaired) electrons. The van der Waals surface area contributed by atoms with Gasteiger partial charge >= 0.3 is 15.6 Å². The first kappa shape index (κ1) is 33.4. The van der Waals surface area contributed by atoms with E-state index in [4.69, 9.17) is 18.5 Å². The third kappa shape index (κ3) is 7.03. The molecule has 0 saturated carbocycles. The number of fused-ring (bicyclic) bond motifs is 1. The standard InChI is InChI=1S/C22H33N5O15P2/c1-10(28)11-3-2-4-26(5-11)21-17(31)15(29)12(40-21)6-38-43(34,35)42-44(36,37)39-7-13-16(30)18(32)22(41-13)27-9-25-14-19(27)23-8-24-20(14)33/h8-9,11-13,15-18,21-22,29-32H,2-7H2,1H3,(H,34,35)(H,36,37)(H,23,24,33). The first-order valence-corrected chi connectivity index (χ1v) is 16.5. The summed E-state index contributed by atoms with van der Waals surface area (Å²) in [6, 6.07) is 0. The number of ether oxygens (including phenoxy) is 2. The number of phosphoric acid groups is 2. The number of carbonyl (C=O) groups excluding carboxylic acids is 1. The lowest BCUT2D eigenvalue weighted by Crippen LogP contribution is -2.49. The molecule has 3 aliphatic heterocycles. The van der Waals surface area contributed by atoms with Crippen molar-refractivity contribution in [2.75, 3.05) is 26.3 Å². The number of piperidine rings is 1. The average molecular weight is 669 g/mol. The van der Waals surface area contributed by atoms with Crippen molar-refractivity contribution in [1.29, 1.82) is 0 Å². The van der Waals surface area contributed by atoms with Crippen molar-refractivity contribution in [2.45, 2.75) is 68.8 Å². The molecule has 246 valence electrons. The number of ketones is 1. The summed E-state index contributed by atoms with van der Waals surface area (Å²) in [6.07, 6.45) is -7.88. The molecule has 2 aromatic rings. The lowest BCUT2D eigenvalue weighted by molar-refractivity contribution is -0.130. The number of rotatable bonds is 11. The molecule has 0 aromatic carbocycles. The summed E-state index contributed by atoms with van der Waals surface area (Å²) in [5, 5.41) is 41.7. The van der Waals surface area contributed by atoms with Crippen LogP contribution in [-0.2, 0) is 36.8 Å². The Labute approximate surface area is 248 Å². The Bertz CT molecular complexity index is 1510. The van der Waals surface area contributed by atoms with Crippen molar-refractivity contribution in [3.05, 3.63) is 23.0 Å².